The predicted molar refractivity (Wildman–Crippen MR) is 110 cm³/mol. The van der Waals surface area contributed by atoms with Gasteiger partial charge in [0.2, 0.25) is 10.0 Å². The summed E-state index contributed by atoms with van der Waals surface area (Å²) in [6.45, 7) is 8.11. The third kappa shape index (κ3) is 4.51. The number of sulfonamides is 1. The maximum atomic E-state index is 12.8. The van der Waals surface area contributed by atoms with E-state index in [2.05, 4.69) is 5.32 Å². The van der Waals surface area contributed by atoms with Crippen LogP contribution in [0.2, 0.25) is 5.02 Å². The van der Waals surface area contributed by atoms with Gasteiger partial charge in [0.05, 0.1) is 5.02 Å². The fourth-order valence-corrected chi connectivity index (χ4v) is 4.89. The smallest absolute Gasteiger partial charge is 0.255 e. The van der Waals surface area contributed by atoms with Crippen LogP contribution in [0.5, 0.6) is 0 Å². The standard InChI is InChI=1S/C20H25ClN2O3S/c1-5-15-10-8-9-14(4)19(15)22-20(24)16-11-12-17(21)18(13-16)27(25,26)23(6-2)7-3/h8-13H,5-7H2,1-4H3,(H,22,24). The summed E-state index contributed by atoms with van der Waals surface area (Å²) >= 11 is 6.14. The molecule has 0 bridgehead atoms. The Morgan fingerprint density at radius 3 is 2.37 bits per heavy atom. The van der Waals surface area contributed by atoms with Crippen LogP contribution in [0.4, 0.5) is 5.69 Å². The minimum Gasteiger partial charge on any atom is -0.321 e. The van der Waals surface area contributed by atoms with Gasteiger partial charge in [-0.2, -0.15) is 4.31 Å². The molecule has 1 N–H and O–H groups in total. The number of amides is 1. The fraction of sp³-hybridized carbons (Fsp3) is 0.350. The summed E-state index contributed by atoms with van der Waals surface area (Å²) in [6, 6.07) is 10.2. The molecule has 2 aromatic rings. The van der Waals surface area contributed by atoms with Gasteiger partial charge in [-0.1, -0.05) is 50.6 Å². The van der Waals surface area contributed by atoms with E-state index in [0.717, 1.165) is 23.2 Å². The molecule has 0 fully saturated rings. The van der Waals surface area contributed by atoms with Gasteiger partial charge in [0.15, 0.2) is 0 Å². The van der Waals surface area contributed by atoms with Crippen molar-refractivity contribution in [2.75, 3.05) is 18.4 Å². The maximum Gasteiger partial charge on any atom is 0.255 e. The van der Waals surface area contributed by atoms with Gasteiger partial charge in [0, 0.05) is 24.3 Å². The number of carbonyl (C=O) groups is 1. The Labute approximate surface area is 166 Å². The summed E-state index contributed by atoms with van der Waals surface area (Å²) in [6.07, 6.45) is 0.777. The first kappa shape index (κ1) is 21.4. The van der Waals surface area contributed by atoms with Crippen LogP contribution in [-0.2, 0) is 16.4 Å². The van der Waals surface area contributed by atoms with Crippen LogP contribution in [0, 0.1) is 6.92 Å². The molecule has 27 heavy (non-hydrogen) atoms. The molecule has 0 aliphatic carbocycles. The summed E-state index contributed by atoms with van der Waals surface area (Å²) in [7, 11) is -3.76. The van der Waals surface area contributed by atoms with E-state index in [-0.39, 0.29) is 21.4 Å². The molecule has 7 heteroatoms. The van der Waals surface area contributed by atoms with Crippen molar-refractivity contribution in [2.24, 2.45) is 0 Å². The Morgan fingerprint density at radius 2 is 1.78 bits per heavy atom. The average Bonchev–Trinajstić information content (AvgIpc) is 2.64. The lowest BCUT2D eigenvalue weighted by Gasteiger charge is -2.20. The molecule has 0 aliphatic rings. The van der Waals surface area contributed by atoms with E-state index in [9.17, 15) is 13.2 Å². The van der Waals surface area contributed by atoms with Gasteiger partial charge in [0.1, 0.15) is 4.90 Å². The molecule has 0 saturated carbocycles. The Kier molecular flexibility index (Phi) is 7.03. The fourth-order valence-electron chi connectivity index (χ4n) is 2.93. The molecule has 0 aliphatic heterocycles. The molecule has 2 rings (SSSR count). The molecule has 146 valence electrons. The van der Waals surface area contributed by atoms with Gasteiger partial charge in [-0.05, 0) is 42.7 Å². The van der Waals surface area contributed by atoms with Gasteiger partial charge < -0.3 is 5.32 Å². The summed E-state index contributed by atoms with van der Waals surface area (Å²) in [5.74, 6) is -0.369. The average molecular weight is 409 g/mol. The second kappa shape index (κ2) is 8.87. The number of nitrogens with zero attached hydrogens (tertiary/aromatic N) is 1. The van der Waals surface area contributed by atoms with Gasteiger partial charge in [-0.3, -0.25) is 4.79 Å². The first-order valence-electron chi connectivity index (χ1n) is 8.95. The zero-order chi connectivity index (χ0) is 20.2. The van der Waals surface area contributed by atoms with Gasteiger partial charge in [0.25, 0.3) is 5.91 Å². The van der Waals surface area contributed by atoms with Crippen LogP contribution in [-0.4, -0.2) is 31.7 Å². The van der Waals surface area contributed by atoms with Crippen molar-refractivity contribution in [1.82, 2.24) is 4.31 Å². The summed E-state index contributed by atoms with van der Waals surface area (Å²) < 4.78 is 26.9. The highest BCUT2D eigenvalue weighted by molar-refractivity contribution is 7.89. The number of rotatable bonds is 7. The number of hydrogen-bond acceptors (Lipinski definition) is 3. The van der Waals surface area contributed by atoms with Crippen LogP contribution in [0.1, 0.15) is 42.3 Å². The molecule has 1 amide bonds. The predicted octanol–water partition coefficient (Wildman–Crippen LogP) is 4.49. The highest BCUT2D eigenvalue weighted by atomic mass is 35.5. The zero-order valence-electron chi connectivity index (χ0n) is 16.0. The SMILES string of the molecule is CCc1cccc(C)c1NC(=O)c1ccc(Cl)c(S(=O)(=O)N(CC)CC)c1. The lowest BCUT2D eigenvalue weighted by Crippen LogP contribution is -2.31. The monoisotopic (exact) mass is 408 g/mol. The number of anilines is 1. The number of benzene rings is 2. The van der Waals surface area contributed by atoms with Crippen molar-refractivity contribution in [1.29, 1.82) is 0 Å². The van der Waals surface area contributed by atoms with Crippen molar-refractivity contribution in [3.05, 3.63) is 58.1 Å². The Bertz CT molecular complexity index is 938. The van der Waals surface area contributed by atoms with Crippen molar-refractivity contribution in [3.8, 4) is 0 Å². The zero-order valence-corrected chi connectivity index (χ0v) is 17.6. The number of nitrogens with one attached hydrogen (secondary N) is 1. The first-order valence-corrected chi connectivity index (χ1v) is 10.8. The molecule has 0 spiro atoms. The lowest BCUT2D eigenvalue weighted by molar-refractivity contribution is 0.102. The number of para-hydroxylation sites is 1. The normalized spacial score (nSPS) is 11.6. The minimum absolute atomic E-state index is 0.0546. The van der Waals surface area contributed by atoms with Gasteiger partial charge in [-0.25, -0.2) is 8.42 Å². The Hall–Kier alpha value is -1.89. The molecular formula is C20H25ClN2O3S. The van der Waals surface area contributed by atoms with E-state index < -0.39 is 10.0 Å². The third-order valence-electron chi connectivity index (χ3n) is 4.50. The van der Waals surface area contributed by atoms with E-state index in [1.807, 2.05) is 32.0 Å². The van der Waals surface area contributed by atoms with Crippen molar-refractivity contribution < 1.29 is 13.2 Å². The van der Waals surface area contributed by atoms with Crippen LogP contribution in [0.3, 0.4) is 0 Å². The molecule has 0 saturated heterocycles. The quantitative estimate of drug-likeness (QED) is 0.733. The van der Waals surface area contributed by atoms with Crippen molar-refractivity contribution >= 4 is 33.2 Å². The van der Waals surface area contributed by atoms with Crippen LogP contribution in [0.15, 0.2) is 41.3 Å². The molecule has 2 aromatic carbocycles. The molecule has 0 unspecified atom stereocenters. The van der Waals surface area contributed by atoms with Crippen molar-refractivity contribution in [3.63, 3.8) is 0 Å². The molecule has 0 heterocycles. The summed E-state index contributed by atoms with van der Waals surface area (Å²) in [4.78, 5) is 12.7. The molecular weight excluding hydrogens is 384 g/mol. The topological polar surface area (TPSA) is 66.5 Å². The van der Waals surface area contributed by atoms with E-state index in [1.54, 1.807) is 13.8 Å². The highest BCUT2D eigenvalue weighted by Gasteiger charge is 2.25. The lowest BCUT2D eigenvalue weighted by atomic mass is 10.1. The van der Waals surface area contributed by atoms with Crippen LogP contribution < -0.4 is 5.32 Å². The van der Waals surface area contributed by atoms with E-state index in [4.69, 9.17) is 11.6 Å². The summed E-state index contributed by atoms with van der Waals surface area (Å²) in [5, 5.41) is 3.01. The van der Waals surface area contributed by atoms with Gasteiger partial charge >= 0.3 is 0 Å². The largest absolute Gasteiger partial charge is 0.321 e. The number of hydrogen-bond donors (Lipinski definition) is 1. The van der Waals surface area contributed by atoms with E-state index in [0.29, 0.717) is 13.1 Å². The van der Waals surface area contributed by atoms with E-state index in [1.165, 1.54) is 22.5 Å². The molecule has 5 nitrogen and oxygen atoms in total. The highest BCUT2D eigenvalue weighted by Crippen LogP contribution is 2.27. The number of aryl methyl sites for hydroxylation is 2. The van der Waals surface area contributed by atoms with Crippen LogP contribution in [0.25, 0.3) is 0 Å². The number of halogens is 1. The number of carbonyl (C=O) groups excluding carboxylic acids is 1. The minimum atomic E-state index is -3.76. The molecule has 0 radical (unpaired) electrons. The summed E-state index contributed by atoms with van der Waals surface area (Å²) in [5.41, 5.74) is 2.98. The van der Waals surface area contributed by atoms with Crippen LogP contribution >= 0.6 is 11.6 Å². The second-order valence-electron chi connectivity index (χ2n) is 6.15. The van der Waals surface area contributed by atoms with E-state index >= 15 is 0 Å². The van der Waals surface area contributed by atoms with Crippen molar-refractivity contribution in [2.45, 2.75) is 39.0 Å². The third-order valence-corrected chi connectivity index (χ3v) is 7.03. The molecule has 0 aromatic heterocycles. The first-order chi connectivity index (χ1) is 12.8. The second-order valence-corrected chi connectivity index (χ2v) is 8.46. The Balaban J connectivity index is 2.43. The molecule has 0 atom stereocenters. The maximum absolute atomic E-state index is 12.8. The Morgan fingerprint density at radius 1 is 1.11 bits per heavy atom. The van der Waals surface area contributed by atoms with Gasteiger partial charge in [-0.15, -0.1) is 0 Å².